The lowest BCUT2D eigenvalue weighted by atomic mass is 9.96. The van der Waals surface area contributed by atoms with Gasteiger partial charge in [-0.1, -0.05) is 35.9 Å². The van der Waals surface area contributed by atoms with Crippen molar-refractivity contribution in [3.05, 3.63) is 59.8 Å². The van der Waals surface area contributed by atoms with Gasteiger partial charge in [-0.25, -0.2) is 0 Å². The zero-order valence-electron chi connectivity index (χ0n) is 15.2. The van der Waals surface area contributed by atoms with Gasteiger partial charge < -0.3 is 10.2 Å². The number of carbonyl (C=O) groups excluding carboxylic acids is 2. The first kappa shape index (κ1) is 17.3. The third-order valence-electron chi connectivity index (χ3n) is 5.07. The molecule has 2 aromatic carbocycles. The fraction of sp³-hybridized carbons (Fsp3) is 0.286. The van der Waals surface area contributed by atoms with Crippen LogP contribution in [0.25, 0.3) is 10.9 Å². The molecule has 1 aromatic heterocycles. The van der Waals surface area contributed by atoms with E-state index in [0.29, 0.717) is 18.8 Å². The maximum absolute atomic E-state index is 13.0. The number of nitrogens with zero attached hydrogens (tertiary/aromatic N) is 2. The van der Waals surface area contributed by atoms with Gasteiger partial charge in [0.1, 0.15) is 0 Å². The molecule has 6 heteroatoms. The maximum atomic E-state index is 13.0. The lowest BCUT2D eigenvalue weighted by Crippen LogP contribution is -2.44. The van der Waals surface area contributed by atoms with Crippen molar-refractivity contribution in [3.8, 4) is 0 Å². The molecule has 1 atom stereocenters. The Labute approximate surface area is 157 Å². The van der Waals surface area contributed by atoms with Gasteiger partial charge in [-0.05, 0) is 38.0 Å². The first-order valence-corrected chi connectivity index (χ1v) is 9.22. The number of H-pyrrole nitrogens is 1. The summed E-state index contributed by atoms with van der Waals surface area (Å²) in [5, 5.41) is 10.9. The average Bonchev–Trinajstić information content (AvgIpc) is 3.13. The predicted molar refractivity (Wildman–Crippen MR) is 105 cm³/mol. The molecule has 1 unspecified atom stereocenters. The number of nitrogens with one attached hydrogen (secondary N) is 2. The highest BCUT2D eigenvalue weighted by atomic mass is 16.2. The number of piperidine rings is 1. The first-order chi connectivity index (χ1) is 13.1. The highest BCUT2D eigenvalue weighted by Gasteiger charge is 2.30. The molecule has 0 bridgehead atoms. The minimum atomic E-state index is -0.214. The van der Waals surface area contributed by atoms with Crippen molar-refractivity contribution in [1.29, 1.82) is 0 Å². The van der Waals surface area contributed by atoms with E-state index in [9.17, 15) is 9.59 Å². The van der Waals surface area contributed by atoms with E-state index in [-0.39, 0.29) is 17.7 Å². The summed E-state index contributed by atoms with van der Waals surface area (Å²) in [5.74, 6) is -0.377. The van der Waals surface area contributed by atoms with Crippen LogP contribution in [0.4, 0.5) is 5.69 Å². The van der Waals surface area contributed by atoms with Gasteiger partial charge in [0.25, 0.3) is 5.91 Å². The van der Waals surface area contributed by atoms with Gasteiger partial charge in [-0.2, -0.15) is 5.10 Å². The van der Waals surface area contributed by atoms with E-state index in [4.69, 9.17) is 0 Å². The number of aromatic nitrogens is 2. The number of amides is 2. The average molecular weight is 362 g/mol. The van der Waals surface area contributed by atoms with Crippen LogP contribution >= 0.6 is 0 Å². The molecule has 3 aromatic rings. The fourth-order valence-electron chi connectivity index (χ4n) is 3.53. The summed E-state index contributed by atoms with van der Waals surface area (Å²) in [6.07, 6.45) is 1.59. The highest BCUT2D eigenvalue weighted by molar-refractivity contribution is 6.05. The quantitative estimate of drug-likeness (QED) is 0.750. The SMILES string of the molecule is Cc1ccc(NC(=O)C2CCCN(C(=O)c3n[nH]c4ccccc34)C2)cc1. The van der Waals surface area contributed by atoms with Crippen LogP contribution in [-0.4, -0.2) is 40.0 Å². The Hall–Kier alpha value is -3.15. The minimum absolute atomic E-state index is 0.0387. The third-order valence-corrected chi connectivity index (χ3v) is 5.07. The van der Waals surface area contributed by atoms with Crippen molar-refractivity contribution < 1.29 is 9.59 Å². The molecular weight excluding hydrogens is 340 g/mol. The number of aryl methyl sites for hydroxylation is 1. The molecule has 0 aliphatic carbocycles. The molecule has 1 saturated heterocycles. The maximum Gasteiger partial charge on any atom is 0.275 e. The Morgan fingerprint density at radius 2 is 1.93 bits per heavy atom. The van der Waals surface area contributed by atoms with Crippen LogP contribution in [0.15, 0.2) is 48.5 Å². The fourth-order valence-corrected chi connectivity index (χ4v) is 3.53. The Bertz CT molecular complexity index is 977. The zero-order valence-corrected chi connectivity index (χ0v) is 15.2. The third kappa shape index (κ3) is 3.56. The van der Waals surface area contributed by atoms with Crippen LogP contribution in [-0.2, 0) is 4.79 Å². The molecule has 4 rings (SSSR count). The molecule has 2 N–H and O–H groups in total. The second kappa shape index (κ2) is 7.23. The summed E-state index contributed by atoms with van der Waals surface area (Å²) < 4.78 is 0. The second-order valence-electron chi connectivity index (χ2n) is 7.06. The van der Waals surface area contributed by atoms with Crippen molar-refractivity contribution in [2.45, 2.75) is 19.8 Å². The minimum Gasteiger partial charge on any atom is -0.336 e. The molecule has 0 saturated carbocycles. The molecule has 2 amide bonds. The zero-order chi connectivity index (χ0) is 18.8. The number of benzene rings is 2. The summed E-state index contributed by atoms with van der Waals surface area (Å²) >= 11 is 0. The largest absolute Gasteiger partial charge is 0.336 e. The molecule has 6 nitrogen and oxygen atoms in total. The van der Waals surface area contributed by atoms with Crippen molar-refractivity contribution in [3.63, 3.8) is 0 Å². The van der Waals surface area contributed by atoms with Crippen molar-refractivity contribution in [2.24, 2.45) is 5.92 Å². The van der Waals surface area contributed by atoms with E-state index in [1.807, 2.05) is 55.5 Å². The molecule has 1 fully saturated rings. The second-order valence-corrected chi connectivity index (χ2v) is 7.06. The van der Waals surface area contributed by atoms with Gasteiger partial charge in [0.05, 0.1) is 11.4 Å². The van der Waals surface area contributed by atoms with Crippen LogP contribution in [0, 0.1) is 12.8 Å². The first-order valence-electron chi connectivity index (χ1n) is 9.22. The standard InChI is InChI=1S/C21H22N4O2/c1-14-8-10-16(11-9-14)22-20(26)15-5-4-12-25(13-15)21(27)19-17-6-2-3-7-18(17)23-24-19/h2-3,6-11,15H,4-5,12-13H2,1H3,(H,22,26)(H,23,24). The van der Waals surface area contributed by atoms with Gasteiger partial charge in [0.2, 0.25) is 5.91 Å². The number of likely N-dealkylation sites (tertiary alicyclic amines) is 1. The van der Waals surface area contributed by atoms with Crippen molar-refractivity contribution in [1.82, 2.24) is 15.1 Å². The summed E-state index contributed by atoms with van der Waals surface area (Å²) in [4.78, 5) is 27.3. The summed E-state index contributed by atoms with van der Waals surface area (Å²) in [7, 11) is 0. The summed E-state index contributed by atoms with van der Waals surface area (Å²) in [6, 6.07) is 15.3. The lowest BCUT2D eigenvalue weighted by molar-refractivity contribution is -0.121. The molecule has 1 aliphatic rings. The number of aromatic amines is 1. The number of rotatable bonds is 3. The van der Waals surface area contributed by atoms with Crippen LogP contribution < -0.4 is 5.32 Å². The van der Waals surface area contributed by atoms with E-state index in [0.717, 1.165) is 35.0 Å². The van der Waals surface area contributed by atoms with Gasteiger partial charge in [-0.15, -0.1) is 0 Å². The normalized spacial score (nSPS) is 17.1. The van der Waals surface area contributed by atoms with E-state index in [1.54, 1.807) is 4.90 Å². The van der Waals surface area contributed by atoms with E-state index in [1.165, 1.54) is 0 Å². The Morgan fingerprint density at radius 1 is 1.15 bits per heavy atom. The number of fused-ring (bicyclic) bond motifs is 1. The molecule has 0 radical (unpaired) electrons. The van der Waals surface area contributed by atoms with Crippen LogP contribution in [0.2, 0.25) is 0 Å². The topological polar surface area (TPSA) is 78.1 Å². The molecule has 0 spiro atoms. The number of hydrogen-bond acceptors (Lipinski definition) is 3. The van der Waals surface area contributed by atoms with E-state index in [2.05, 4.69) is 15.5 Å². The number of hydrogen-bond donors (Lipinski definition) is 2. The molecule has 138 valence electrons. The van der Waals surface area contributed by atoms with Crippen LogP contribution in [0.1, 0.15) is 28.9 Å². The Kier molecular flexibility index (Phi) is 4.62. The van der Waals surface area contributed by atoms with Crippen LogP contribution in [0.3, 0.4) is 0 Å². The molecule has 1 aliphatic heterocycles. The van der Waals surface area contributed by atoms with Gasteiger partial charge in [0, 0.05) is 24.2 Å². The lowest BCUT2D eigenvalue weighted by Gasteiger charge is -2.31. The predicted octanol–water partition coefficient (Wildman–Crippen LogP) is 3.36. The molecule has 2 heterocycles. The van der Waals surface area contributed by atoms with Gasteiger partial charge >= 0.3 is 0 Å². The van der Waals surface area contributed by atoms with E-state index < -0.39 is 0 Å². The Balaban J connectivity index is 1.46. The summed E-state index contributed by atoms with van der Waals surface area (Å²) in [5.41, 5.74) is 3.19. The van der Waals surface area contributed by atoms with Crippen molar-refractivity contribution >= 4 is 28.4 Å². The molecule has 27 heavy (non-hydrogen) atoms. The number of anilines is 1. The Morgan fingerprint density at radius 3 is 2.74 bits per heavy atom. The number of para-hydroxylation sites is 1. The monoisotopic (exact) mass is 362 g/mol. The molecular formula is C21H22N4O2. The van der Waals surface area contributed by atoms with Crippen molar-refractivity contribution in [2.75, 3.05) is 18.4 Å². The summed E-state index contributed by atoms with van der Waals surface area (Å²) in [6.45, 7) is 3.07. The number of carbonyl (C=O) groups is 2. The van der Waals surface area contributed by atoms with Gasteiger partial charge in [0.15, 0.2) is 5.69 Å². The highest BCUT2D eigenvalue weighted by Crippen LogP contribution is 2.23. The smallest absolute Gasteiger partial charge is 0.275 e. The van der Waals surface area contributed by atoms with Crippen LogP contribution in [0.5, 0.6) is 0 Å². The van der Waals surface area contributed by atoms with Gasteiger partial charge in [-0.3, -0.25) is 14.7 Å². The van der Waals surface area contributed by atoms with E-state index >= 15 is 0 Å².